The van der Waals surface area contributed by atoms with Crippen LogP contribution in [0.1, 0.15) is 25.0 Å². The number of aryl methyl sites for hydroxylation is 2. The summed E-state index contributed by atoms with van der Waals surface area (Å²) in [6.45, 7) is 7.00. The molecule has 94 valence electrons. The van der Waals surface area contributed by atoms with Crippen LogP contribution in [0, 0.1) is 13.8 Å². The average Bonchev–Trinajstić information content (AvgIpc) is 2.21. The Morgan fingerprint density at radius 3 is 2.41 bits per heavy atom. The molecule has 1 amide bonds. The van der Waals surface area contributed by atoms with Crippen LogP contribution in [0.25, 0.3) is 0 Å². The second kappa shape index (κ2) is 4.85. The Balaban J connectivity index is 2.78. The van der Waals surface area contributed by atoms with Gasteiger partial charge in [0.05, 0.1) is 5.60 Å². The molecule has 4 nitrogen and oxygen atoms in total. The van der Waals surface area contributed by atoms with Crippen LogP contribution in [-0.2, 0) is 4.79 Å². The van der Waals surface area contributed by atoms with Gasteiger partial charge < -0.3 is 16.2 Å². The zero-order valence-electron chi connectivity index (χ0n) is 10.7. The van der Waals surface area contributed by atoms with E-state index in [0.717, 1.165) is 11.1 Å². The molecule has 0 saturated carbocycles. The fourth-order valence-corrected chi connectivity index (χ4v) is 1.36. The molecule has 1 unspecified atom stereocenters. The molecule has 0 aliphatic heterocycles. The summed E-state index contributed by atoms with van der Waals surface area (Å²) in [5, 5.41) is 12.3. The fraction of sp³-hybridized carbons (Fsp3) is 0.462. The fourth-order valence-electron chi connectivity index (χ4n) is 1.36. The minimum Gasteiger partial charge on any atom is -0.388 e. The van der Waals surface area contributed by atoms with Gasteiger partial charge in [-0.25, -0.2) is 0 Å². The number of rotatable bonds is 3. The molecule has 1 rings (SSSR count). The lowest BCUT2D eigenvalue weighted by molar-refractivity contribution is -0.122. The Labute approximate surface area is 102 Å². The Hall–Kier alpha value is -1.39. The van der Waals surface area contributed by atoms with Crippen molar-refractivity contribution < 1.29 is 9.90 Å². The van der Waals surface area contributed by atoms with Crippen LogP contribution < -0.4 is 11.1 Å². The van der Waals surface area contributed by atoms with Crippen LogP contribution in [-0.4, -0.2) is 22.7 Å². The number of amides is 1. The van der Waals surface area contributed by atoms with Gasteiger partial charge in [-0.15, -0.1) is 0 Å². The molecule has 1 aromatic carbocycles. The van der Waals surface area contributed by atoms with Crippen molar-refractivity contribution in [3.8, 4) is 0 Å². The van der Waals surface area contributed by atoms with Crippen LogP contribution in [0.3, 0.4) is 0 Å². The number of hydrogen-bond acceptors (Lipinski definition) is 3. The first-order valence-electron chi connectivity index (χ1n) is 5.58. The van der Waals surface area contributed by atoms with Gasteiger partial charge in [0.2, 0.25) is 5.91 Å². The molecule has 0 bridgehead atoms. The van der Waals surface area contributed by atoms with Crippen LogP contribution in [0.5, 0.6) is 0 Å². The Bertz CT molecular complexity index is 422. The average molecular weight is 236 g/mol. The maximum atomic E-state index is 11.8. The van der Waals surface area contributed by atoms with Gasteiger partial charge in [-0.1, -0.05) is 6.07 Å². The number of carbonyl (C=O) groups is 1. The SMILES string of the molecule is Cc1ccc(NC(=O)C(N)C(C)(C)O)cc1C. The zero-order chi connectivity index (χ0) is 13.2. The van der Waals surface area contributed by atoms with Crippen molar-refractivity contribution in [2.24, 2.45) is 5.73 Å². The quantitative estimate of drug-likeness (QED) is 0.741. The van der Waals surface area contributed by atoms with E-state index in [-0.39, 0.29) is 5.91 Å². The second-order valence-electron chi connectivity index (χ2n) is 4.92. The topological polar surface area (TPSA) is 75.4 Å². The van der Waals surface area contributed by atoms with Crippen molar-refractivity contribution >= 4 is 11.6 Å². The summed E-state index contributed by atoms with van der Waals surface area (Å²) in [7, 11) is 0. The summed E-state index contributed by atoms with van der Waals surface area (Å²) >= 11 is 0. The summed E-state index contributed by atoms with van der Waals surface area (Å²) in [5.74, 6) is -0.388. The van der Waals surface area contributed by atoms with Crippen molar-refractivity contribution in [1.82, 2.24) is 0 Å². The van der Waals surface area contributed by atoms with Crippen molar-refractivity contribution in [3.05, 3.63) is 29.3 Å². The molecular weight excluding hydrogens is 216 g/mol. The van der Waals surface area contributed by atoms with E-state index in [0.29, 0.717) is 5.69 Å². The maximum Gasteiger partial charge on any atom is 0.244 e. The van der Waals surface area contributed by atoms with Gasteiger partial charge >= 0.3 is 0 Å². The molecule has 0 aliphatic rings. The smallest absolute Gasteiger partial charge is 0.244 e. The van der Waals surface area contributed by atoms with Gasteiger partial charge in [-0.05, 0) is 51.0 Å². The first kappa shape index (κ1) is 13.7. The number of benzene rings is 1. The van der Waals surface area contributed by atoms with E-state index in [1.165, 1.54) is 13.8 Å². The van der Waals surface area contributed by atoms with Crippen molar-refractivity contribution in [1.29, 1.82) is 0 Å². The lowest BCUT2D eigenvalue weighted by Gasteiger charge is -2.24. The molecule has 4 N–H and O–H groups in total. The number of hydrogen-bond donors (Lipinski definition) is 3. The molecule has 0 aliphatic carbocycles. The predicted octanol–water partition coefficient (Wildman–Crippen LogP) is 1.34. The summed E-state index contributed by atoms with van der Waals surface area (Å²) in [4.78, 5) is 11.8. The van der Waals surface area contributed by atoms with Crippen LogP contribution in [0.2, 0.25) is 0 Å². The molecule has 0 radical (unpaired) electrons. The second-order valence-corrected chi connectivity index (χ2v) is 4.92. The number of nitrogens with one attached hydrogen (secondary N) is 1. The van der Waals surface area contributed by atoms with Crippen molar-refractivity contribution in [2.45, 2.75) is 39.3 Å². The van der Waals surface area contributed by atoms with E-state index in [1.54, 1.807) is 0 Å². The molecule has 1 atom stereocenters. The Morgan fingerprint density at radius 1 is 1.35 bits per heavy atom. The molecule has 0 saturated heterocycles. The minimum atomic E-state index is -1.23. The van der Waals surface area contributed by atoms with E-state index >= 15 is 0 Å². The molecule has 0 aromatic heterocycles. The monoisotopic (exact) mass is 236 g/mol. The van der Waals surface area contributed by atoms with Gasteiger partial charge in [-0.3, -0.25) is 4.79 Å². The molecule has 4 heteroatoms. The number of aliphatic hydroxyl groups is 1. The highest BCUT2D eigenvalue weighted by Crippen LogP contribution is 2.15. The third-order valence-corrected chi connectivity index (χ3v) is 2.82. The molecule has 17 heavy (non-hydrogen) atoms. The highest BCUT2D eigenvalue weighted by Gasteiger charge is 2.29. The normalized spacial score (nSPS) is 13.3. The summed E-state index contributed by atoms with van der Waals surface area (Å²) in [6, 6.07) is 4.67. The van der Waals surface area contributed by atoms with Gasteiger partial charge in [-0.2, -0.15) is 0 Å². The summed E-state index contributed by atoms with van der Waals surface area (Å²) < 4.78 is 0. The molecule has 0 spiro atoms. The van der Waals surface area contributed by atoms with E-state index in [9.17, 15) is 9.90 Å². The molecule has 0 heterocycles. The number of anilines is 1. The predicted molar refractivity (Wildman–Crippen MR) is 68.8 cm³/mol. The maximum absolute atomic E-state index is 11.8. The van der Waals surface area contributed by atoms with Crippen molar-refractivity contribution in [2.75, 3.05) is 5.32 Å². The van der Waals surface area contributed by atoms with Gasteiger partial charge in [0.15, 0.2) is 0 Å². The summed E-state index contributed by atoms with van der Waals surface area (Å²) in [6.07, 6.45) is 0. The highest BCUT2D eigenvalue weighted by atomic mass is 16.3. The first-order chi connectivity index (χ1) is 7.71. The largest absolute Gasteiger partial charge is 0.388 e. The first-order valence-corrected chi connectivity index (χ1v) is 5.58. The Kier molecular flexibility index (Phi) is 3.91. The summed E-state index contributed by atoms with van der Waals surface area (Å²) in [5.41, 5.74) is 7.37. The van der Waals surface area contributed by atoms with Gasteiger partial charge in [0.25, 0.3) is 0 Å². The van der Waals surface area contributed by atoms with Crippen LogP contribution in [0.15, 0.2) is 18.2 Å². The Morgan fingerprint density at radius 2 is 1.94 bits per heavy atom. The lowest BCUT2D eigenvalue weighted by Crippen LogP contribution is -2.51. The van der Waals surface area contributed by atoms with Gasteiger partial charge in [0, 0.05) is 5.69 Å². The third kappa shape index (κ3) is 3.54. The minimum absolute atomic E-state index is 0.388. The standard InChI is InChI=1S/C13H20N2O2/c1-8-5-6-10(7-9(8)2)15-12(16)11(14)13(3,4)17/h5-7,11,17H,14H2,1-4H3,(H,15,16). The molecular formula is C13H20N2O2. The third-order valence-electron chi connectivity index (χ3n) is 2.82. The van der Waals surface area contributed by atoms with E-state index in [2.05, 4.69) is 5.32 Å². The molecule has 0 fully saturated rings. The number of nitrogens with two attached hydrogens (primary N) is 1. The highest BCUT2D eigenvalue weighted by molar-refractivity contribution is 5.95. The number of carbonyl (C=O) groups excluding carboxylic acids is 1. The molecule has 1 aromatic rings. The van der Waals surface area contributed by atoms with Crippen LogP contribution >= 0.6 is 0 Å². The van der Waals surface area contributed by atoms with E-state index in [1.807, 2.05) is 32.0 Å². The van der Waals surface area contributed by atoms with E-state index in [4.69, 9.17) is 5.73 Å². The van der Waals surface area contributed by atoms with Crippen LogP contribution in [0.4, 0.5) is 5.69 Å². The van der Waals surface area contributed by atoms with E-state index < -0.39 is 11.6 Å². The zero-order valence-corrected chi connectivity index (χ0v) is 10.7. The van der Waals surface area contributed by atoms with Gasteiger partial charge in [0.1, 0.15) is 6.04 Å². The lowest BCUT2D eigenvalue weighted by atomic mass is 9.99. The van der Waals surface area contributed by atoms with Crippen molar-refractivity contribution in [3.63, 3.8) is 0 Å².